The van der Waals surface area contributed by atoms with Crippen LogP contribution in [0.25, 0.3) is 0 Å². The number of ether oxygens (including phenoxy) is 1. The first-order valence-corrected chi connectivity index (χ1v) is 9.84. The maximum absolute atomic E-state index is 12.4. The van der Waals surface area contributed by atoms with Gasteiger partial charge in [-0.25, -0.2) is 0 Å². The fraction of sp³-hybridized carbons (Fsp3) is 0.684. The predicted octanol–water partition coefficient (Wildman–Crippen LogP) is 3.04. The molecule has 6 heteroatoms. The van der Waals surface area contributed by atoms with Gasteiger partial charge in [-0.15, -0.1) is 11.3 Å². The van der Waals surface area contributed by atoms with Gasteiger partial charge in [0.2, 0.25) is 5.91 Å². The molecule has 0 aromatic carbocycles. The third-order valence-electron chi connectivity index (χ3n) is 5.33. The highest BCUT2D eigenvalue weighted by atomic mass is 32.1. The van der Waals surface area contributed by atoms with Crippen LogP contribution in [0.2, 0.25) is 0 Å². The average molecular weight is 362 g/mol. The minimum Gasteiger partial charge on any atom is -0.379 e. The van der Waals surface area contributed by atoms with Gasteiger partial charge in [-0.05, 0) is 36.2 Å². The molecule has 1 amide bonds. The monoisotopic (exact) mass is 361 g/mol. The number of hydrogen-bond donors (Lipinski definition) is 1. The molecule has 0 saturated carbocycles. The van der Waals surface area contributed by atoms with E-state index in [0.717, 1.165) is 42.9 Å². The van der Waals surface area contributed by atoms with E-state index < -0.39 is 0 Å². The summed E-state index contributed by atoms with van der Waals surface area (Å²) in [7, 11) is 0. The summed E-state index contributed by atoms with van der Waals surface area (Å²) in [5.41, 5.74) is 2.12. The number of thiophene rings is 1. The Morgan fingerprint density at radius 3 is 2.76 bits per heavy atom. The maximum Gasteiger partial charge on any atom is 0.239 e. The number of carbonyl (C=O) groups excluding carboxylic acids is 1. The summed E-state index contributed by atoms with van der Waals surface area (Å²) in [6, 6.07) is 2.33. The molecule has 1 saturated heterocycles. The zero-order chi connectivity index (χ0) is 18.0. The number of rotatable bonds is 3. The molecule has 0 radical (unpaired) electrons. The largest absolute Gasteiger partial charge is 0.379 e. The van der Waals surface area contributed by atoms with E-state index in [1.165, 1.54) is 4.88 Å². The fourth-order valence-electron chi connectivity index (χ4n) is 3.66. The molecule has 5 nitrogen and oxygen atoms in total. The van der Waals surface area contributed by atoms with Crippen molar-refractivity contribution in [3.63, 3.8) is 0 Å². The number of anilines is 1. The van der Waals surface area contributed by atoms with Crippen LogP contribution in [0.1, 0.15) is 43.2 Å². The molecule has 0 spiro atoms. The minimum atomic E-state index is -0.0376. The van der Waals surface area contributed by atoms with Crippen molar-refractivity contribution in [3.8, 4) is 6.07 Å². The molecular formula is C19H27N3O2S. The van der Waals surface area contributed by atoms with Gasteiger partial charge in [0.1, 0.15) is 11.1 Å². The third-order valence-corrected chi connectivity index (χ3v) is 6.50. The number of hydrogen-bond acceptors (Lipinski definition) is 5. The lowest BCUT2D eigenvalue weighted by Gasteiger charge is -2.33. The first-order valence-electron chi connectivity index (χ1n) is 9.03. The second-order valence-electron chi connectivity index (χ2n) is 8.06. The van der Waals surface area contributed by atoms with E-state index >= 15 is 0 Å². The van der Waals surface area contributed by atoms with E-state index in [9.17, 15) is 10.1 Å². The van der Waals surface area contributed by atoms with Gasteiger partial charge in [0.15, 0.2) is 0 Å². The summed E-state index contributed by atoms with van der Waals surface area (Å²) < 4.78 is 5.31. The third kappa shape index (κ3) is 4.22. The fourth-order valence-corrected chi connectivity index (χ4v) is 4.95. The van der Waals surface area contributed by atoms with Crippen LogP contribution in [0.4, 0.5) is 5.00 Å². The number of nitriles is 1. The lowest BCUT2D eigenvalue weighted by atomic mass is 9.72. The zero-order valence-corrected chi connectivity index (χ0v) is 16.2. The lowest BCUT2D eigenvalue weighted by molar-refractivity contribution is -0.118. The number of amides is 1. The van der Waals surface area contributed by atoms with E-state index in [2.05, 4.69) is 37.1 Å². The van der Waals surface area contributed by atoms with Crippen LogP contribution in [0.3, 0.4) is 0 Å². The second kappa shape index (κ2) is 7.45. The first kappa shape index (κ1) is 18.4. The highest BCUT2D eigenvalue weighted by Crippen LogP contribution is 2.43. The van der Waals surface area contributed by atoms with Crippen molar-refractivity contribution in [2.24, 2.45) is 11.3 Å². The topological polar surface area (TPSA) is 65.4 Å². The molecule has 136 valence electrons. The number of morpholine rings is 1. The van der Waals surface area contributed by atoms with E-state index in [1.54, 1.807) is 11.3 Å². The Bertz CT molecular complexity index is 678. The van der Waals surface area contributed by atoms with E-state index in [1.807, 2.05) is 0 Å². The number of nitrogens with zero attached hydrogens (tertiary/aromatic N) is 2. The summed E-state index contributed by atoms with van der Waals surface area (Å²) in [5.74, 6) is 0.589. The Labute approximate surface area is 154 Å². The van der Waals surface area contributed by atoms with Gasteiger partial charge in [-0.2, -0.15) is 5.26 Å². The van der Waals surface area contributed by atoms with E-state index in [4.69, 9.17) is 4.74 Å². The van der Waals surface area contributed by atoms with Crippen LogP contribution in [-0.4, -0.2) is 43.7 Å². The van der Waals surface area contributed by atoms with Crippen LogP contribution < -0.4 is 5.32 Å². The second-order valence-corrected chi connectivity index (χ2v) is 9.17. The Morgan fingerprint density at radius 1 is 1.40 bits per heavy atom. The Hall–Kier alpha value is -1.42. The van der Waals surface area contributed by atoms with Gasteiger partial charge in [-0.1, -0.05) is 20.8 Å². The SMILES string of the molecule is CC(C)(C)C1CCc2c(sc(NC(=O)CN3CCOCC3)c2C#N)C1. The summed E-state index contributed by atoms with van der Waals surface area (Å²) in [5, 5.41) is 13.3. The Balaban J connectivity index is 1.71. The predicted molar refractivity (Wildman–Crippen MR) is 99.9 cm³/mol. The molecule has 2 aliphatic rings. The van der Waals surface area contributed by atoms with Crippen molar-refractivity contribution in [1.29, 1.82) is 5.26 Å². The molecule has 1 atom stereocenters. The van der Waals surface area contributed by atoms with Gasteiger partial charge in [0, 0.05) is 18.0 Å². The zero-order valence-electron chi connectivity index (χ0n) is 15.4. The van der Waals surface area contributed by atoms with E-state index in [-0.39, 0.29) is 11.3 Å². The van der Waals surface area contributed by atoms with Crippen molar-refractivity contribution in [2.45, 2.75) is 40.0 Å². The minimum absolute atomic E-state index is 0.0376. The molecule has 0 bridgehead atoms. The molecule has 1 aliphatic carbocycles. The maximum atomic E-state index is 12.4. The van der Waals surface area contributed by atoms with Crippen LogP contribution in [0.15, 0.2) is 0 Å². The van der Waals surface area contributed by atoms with Gasteiger partial charge >= 0.3 is 0 Å². The van der Waals surface area contributed by atoms with Crippen LogP contribution in [0, 0.1) is 22.7 Å². The van der Waals surface area contributed by atoms with Gasteiger partial charge in [0.25, 0.3) is 0 Å². The summed E-state index contributed by atoms with van der Waals surface area (Å²) in [6.45, 7) is 10.1. The smallest absolute Gasteiger partial charge is 0.239 e. The van der Waals surface area contributed by atoms with Crippen molar-refractivity contribution in [3.05, 3.63) is 16.0 Å². The Morgan fingerprint density at radius 2 is 2.12 bits per heavy atom. The quantitative estimate of drug-likeness (QED) is 0.899. The highest BCUT2D eigenvalue weighted by Gasteiger charge is 2.32. The summed E-state index contributed by atoms with van der Waals surface area (Å²) >= 11 is 1.60. The molecule has 25 heavy (non-hydrogen) atoms. The van der Waals surface area contributed by atoms with Crippen LogP contribution in [0.5, 0.6) is 0 Å². The van der Waals surface area contributed by atoms with Crippen molar-refractivity contribution >= 4 is 22.2 Å². The average Bonchev–Trinajstić information content (AvgIpc) is 2.90. The number of fused-ring (bicyclic) bond motifs is 1. The molecule has 1 N–H and O–H groups in total. The van der Waals surface area contributed by atoms with E-state index in [0.29, 0.717) is 31.2 Å². The Kier molecular flexibility index (Phi) is 5.47. The van der Waals surface area contributed by atoms with Gasteiger partial charge < -0.3 is 10.1 Å². The molecule has 1 unspecified atom stereocenters. The molecule has 3 rings (SSSR count). The van der Waals surface area contributed by atoms with Gasteiger partial charge in [0.05, 0.1) is 25.3 Å². The van der Waals surface area contributed by atoms with Gasteiger partial charge in [-0.3, -0.25) is 9.69 Å². The molecule has 1 aromatic rings. The van der Waals surface area contributed by atoms with Crippen molar-refractivity contribution in [1.82, 2.24) is 4.90 Å². The number of nitrogens with one attached hydrogen (secondary N) is 1. The molecule has 2 heterocycles. The molecular weight excluding hydrogens is 334 g/mol. The highest BCUT2D eigenvalue weighted by molar-refractivity contribution is 7.16. The molecule has 1 aromatic heterocycles. The van der Waals surface area contributed by atoms with Crippen LogP contribution >= 0.6 is 11.3 Å². The normalized spacial score (nSPS) is 21.4. The molecule has 1 fully saturated rings. The van der Waals surface area contributed by atoms with Crippen molar-refractivity contribution in [2.75, 3.05) is 38.2 Å². The van der Waals surface area contributed by atoms with Crippen LogP contribution in [-0.2, 0) is 22.4 Å². The first-order chi connectivity index (χ1) is 11.9. The lowest BCUT2D eigenvalue weighted by Crippen LogP contribution is -2.41. The summed E-state index contributed by atoms with van der Waals surface area (Å²) in [4.78, 5) is 15.8. The summed E-state index contributed by atoms with van der Waals surface area (Å²) in [6.07, 6.45) is 3.07. The number of carbonyl (C=O) groups is 1. The standard InChI is InChI=1S/C19H27N3O2S/c1-19(2,3)13-4-5-14-15(11-20)18(25-16(14)10-13)21-17(23)12-22-6-8-24-9-7-22/h13H,4-10,12H2,1-3H3,(H,21,23). The molecule has 1 aliphatic heterocycles. The van der Waals surface area contributed by atoms with Crippen molar-refractivity contribution < 1.29 is 9.53 Å².